The van der Waals surface area contributed by atoms with E-state index in [1.807, 2.05) is 6.07 Å². The SMILES string of the molecule is N#CCc1ccc(NS(=O)(=O)c2cccc(N)c2)cc1. The first kappa shape index (κ1) is 13.9. The van der Waals surface area contributed by atoms with Crippen molar-refractivity contribution < 1.29 is 8.42 Å². The van der Waals surface area contributed by atoms with Crippen LogP contribution in [0, 0.1) is 11.3 Å². The number of nitrogen functional groups attached to an aromatic ring is 1. The Balaban J connectivity index is 2.22. The van der Waals surface area contributed by atoms with Gasteiger partial charge in [0.1, 0.15) is 0 Å². The average molecular weight is 287 g/mol. The van der Waals surface area contributed by atoms with Crippen molar-refractivity contribution in [3.8, 4) is 6.07 Å². The summed E-state index contributed by atoms with van der Waals surface area (Å²) in [6.45, 7) is 0. The van der Waals surface area contributed by atoms with Crippen LogP contribution in [0.25, 0.3) is 0 Å². The minimum Gasteiger partial charge on any atom is -0.399 e. The summed E-state index contributed by atoms with van der Waals surface area (Å²) < 4.78 is 26.8. The number of nitrogens with two attached hydrogens (primary N) is 1. The molecule has 0 spiro atoms. The molecule has 5 nitrogen and oxygen atoms in total. The van der Waals surface area contributed by atoms with Crippen molar-refractivity contribution in [3.63, 3.8) is 0 Å². The fourth-order valence-electron chi connectivity index (χ4n) is 1.68. The van der Waals surface area contributed by atoms with Gasteiger partial charge in [-0.3, -0.25) is 4.72 Å². The summed E-state index contributed by atoms with van der Waals surface area (Å²) in [6.07, 6.45) is 0.294. The third kappa shape index (κ3) is 3.28. The smallest absolute Gasteiger partial charge is 0.261 e. The molecule has 2 aromatic carbocycles. The van der Waals surface area contributed by atoms with E-state index < -0.39 is 10.0 Å². The van der Waals surface area contributed by atoms with Crippen molar-refractivity contribution in [3.05, 3.63) is 54.1 Å². The summed E-state index contributed by atoms with van der Waals surface area (Å²) in [6, 6.07) is 14.8. The molecular weight excluding hydrogens is 274 g/mol. The molecule has 0 fully saturated rings. The number of nitrogens with zero attached hydrogens (tertiary/aromatic N) is 1. The zero-order valence-electron chi connectivity index (χ0n) is 10.6. The Morgan fingerprint density at radius 3 is 2.45 bits per heavy atom. The molecule has 0 atom stereocenters. The van der Waals surface area contributed by atoms with Gasteiger partial charge in [-0.1, -0.05) is 18.2 Å². The van der Waals surface area contributed by atoms with E-state index in [2.05, 4.69) is 4.72 Å². The van der Waals surface area contributed by atoms with E-state index in [4.69, 9.17) is 11.0 Å². The Bertz CT molecular complexity index is 747. The first-order chi connectivity index (χ1) is 9.51. The van der Waals surface area contributed by atoms with Gasteiger partial charge in [0.05, 0.1) is 17.4 Å². The zero-order valence-corrected chi connectivity index (χ0v) is 11.4. The molecule has 0 aliphatic carbocycles. The lowest BCUT2D eigenvalue weighted by atomic mass is 10.1. The van der Waals surface area contributed by atoms with Gasteiger partial charge in [0.2, 0.25) is 0 Å². The summed E-state index contributed by atoms with van der Waals surface area (Å²) in [5, 5.41) is 8.58. The molecule has 0 bridgehead atoms. The van der Waals surface area contributed by atoms with Gasteiger partial charge in [-0.25, -0.2) is 8.42 Å². The third-order valence-electron chi connectivity index (χ3n) is 2.66. The van der Waals surface area contributed by atoms with Crippen LogP contribution in [0.1, 0.15) is 5.56 Å². The van der Waals surface area contributed by atoms with Gasteiger partial charge >= 0.3 is 0 Å². The molecule has 102 valence electrons. The van der Waals surface area contributed by atoms with Crippen molar-refractivity contribution in [2.45, 2.75) is 11.3 Å². The Kier molecular flexibility index (Phi) is 3.91. The number of nitrogens with one attached hydrogen (secondary N) is 1. The number of hydrogen-bond donors (Lipinski definition) is 2. The van der Waals surface area contributed by atoms with Crippen LogP contribution in [0.5, 0.6) is 0 Å². The first-order valence-electron chi connectivity index (χ1n) is 5.85. The van der Waals surface area contributed by atoms with Crippen LogP contribution >= 0.6 is 0 Å². The normalized spacial score (nSPS) is 10.8. The highest BCUT2D eigenvalue weighted by atomic mass is 32.2. The van der Waals surface area contributed by atoms with E-state index in [9.17, 15) is 8.42 Å². The highest BCUT2D eigenvalue weighted by Crippen LogP contribution is 2.18. The van der Waals surface area contributed by atoms with E-state index in [1.54, 1.807) is 36.4 Å². The third-order valence-corrected chi connectivity index (χ3v) is 4.04. The molecule has 2 aromatic rings. The van der Waals surface area contributed by atoms with Crippen LogP contribution in [-0.2, 0) is 16.4 Å². The Hall–Kier alpha value is -2.52. The highest BCUT2D eigenvalue weighted by molar-refractivity contribution is 7.92. The van der Waals surface area contributed by atoms with Crippen LogP contribution < -0.4 is 10.5 Å². The standard InChI is InChI=1S/C14H13N3O2S/c15-9-8-11-4-6-13(7-5-11)17-20(18,19)14-3-1-2-12(16)10-14/h1-7,10,17H,8,16H2. The first-order valence-corrected chi connectivity index (χ1v) is 7.34. The Morgan fingerprint density at radius 2 is 1.85 bits per heavy atom. The maximum absolute atomic E-state index is 12.1. The molecule has 0 aliphatic heterocycles. The zero-order chi connectivity index (χ0) is 14.6. The van der Waals surface area contributed by atoms with Gasteiger partial charge < -0.3 is 5.73 Å². The van der Waals surface area contributed by atoms with Gasteiger partial charge in [0.25, 0.3) is 10.0 Å². The Labute approximate surface area is 117 Å². The fourth-order valence-corrected chi connectivity index (χ4v) is 2.79. The molecule has 0 amide bonds. The summed E-state index contributed by atoms with van der Waals surface area (Å²) >= 11 is 0. The second kappa shape index (κ2) is 5.63. The molecular formula is C14H13N3O2S. The largest absolute Gasteiger partial charge is 0.399 e. The monoisotopic (exact) mass is 287 g/mol. The maximum Gasteiger partial charge on any atom is 0.261 e. The predicted molar refractivity (Wildman–Crippen MR) is 77.4 cm³/mol. The van der Waals surface area contributed by atoms with Crippen LogP contribution in [0.3, 0.4) is 0 Å². The molecule has 0 aromatic heterocycles. The quantitative estimate of drug-likeness (QED) is 0.842. The van der Waals surface area contributed by atoms with Gasteiger partial charge in [-0.05, 0) is 35.9 Å². The fraction of sp³-hybridized carbons (Fsp3) is 0.0714. The number of sulfonamides is 1. The molecule has 0 heterocycles. The van der Waals surface area contributed by atoms with Crippen LogP contribution in [0.4, 0.5) is 11.4 Å². The summed E-state index contributed by atoms with van der Waals surface area (Å²) in [4.78, 5) is 0.110. The van der Waals surface area contributed by atoms with E-state index in [0.717, 1.165) is 5.56 Å². The number of rotatable bonds is 4. The van der Waals surface area contributed by atoms with E-state index in [-0.39, 0.29) is 4.90 Å². The number of benzene rings is 2. The van der Waals surface area contributed by atoms with Crippen molar-refractivity contribution >= 4 is 21.4 Å². The molecule has 0 unspecified atom stereocenters. The molecule has 6 heteroatoms. The average Bonchev–Trinajstić information content (AvgIpc) is 2.41. The van der Waals surface area contributed by atoms with Gasteiger partial charge in [0.15, 0.2) is 0 Å². The number of anilines is 2. The number of hydrogen-bond acceptors (Lipinski definition) is 4. The Morgan fingerprint density at radius 1 is 1.15 bits per heavy atom. The lowest BCUT2D eigenvalue weighted by Gasteiger charge is -2.08. The van der Waals surface area contributed by atoms with E-state index in [1.165, 1.54) is 12.1 Å². The molecule has 0 aliphatic rings. The summed E-state index contributed by atoms with van der Waals surface area (Å²) in [5.41, 5.74) is 7.24. The molecule has 0 radical (unpaired) electrons. The lowest BCUT2D eigenvalue weighted by molar-refractivity contribution is 0.601. The van der Waals surface area contributed by atoms with Gasteiger partial charge in [-0.2, -0.15) is 5.26 Å². The maximum atomic E-state index is 12.1. The van der Waals surface area contributed by atoms with E-state index >= 15 is 0 Å². The number of nitriles is 1. The topological polar surface area (TPSA) is 96.0 Å². The lowest BCUT2D eigenvalue weighted by Crippen LogP contribution is -2.13. The summed E-state index contributed by atoms with van der Waals surface area (Å²) in [5.74, 6) is 0. The second-order valence-electron chi connectivity index (χ2n) is 4.21. The van der Waals surface area contributed by atoms with E-state index in [0.29, 0.717) is 17.8 Å². The molecule has 20 heavy (non-hydrogen) atoms. The molecule has 2 rings (SSSR count). The van der Waals surface area contributed by atoms with Crippen LogP contribution in [0.15, 0.2) is 53.4 Å². The van der Waals surface area contributed by atoms with Gasteiger partial charge in [0, 0.05) is 11.4 Å². The van der Waals surface area contributed by atoms with Crippen molar-refractivity contribution in [2.75, 3.05) is 10.5 Å². The highest BCUT2D eigenvalue weighted by Gasteiger charge is 2.14. The molecule has 0 saturated heterocycles. The summed E-state index contributed by atoms with van der Waals surface area (Å²) in [7, 11) is -3.66. The van der Waals surface area contributed by atoms with Crippen LogP contribution in [0.2, 0.25) is 0 Å². The van der Waals surface area contributed by atoms with Crippen molar-refractivity contribution in [1.82, 2.24) is 0 Å². The molecule has 0 saturated carbocycles. The molecule has 3 N–H and O–H groups in total. The second-order valence-corrected chi connectivity index (χ2v) is 5.89. The predicted octanol–water partition coefficient (Wildman–Crippen LogP) is 2.14. The minimum absolute atomic E-state index is 0.110. The van der Waals surface area contributed by atoms with Crippen molar-refractivity contribution in [1.29, 1.82) is 5.26 Å². The van der Waals surface area contributed by atoms with Crippen molar-refractivity contribution in [2.24, 2.45) is 0 Å². The minimum atomic E-state index is -3.66. The van der Waals surface area contributed by atoms with Crippen LogP contribution in [-0.4, -0.2) is 8.42 Å². The van der Waals surface area contributed by atoms with Gasteiger partial charge in [-0.15, -0.1) is 0 Å².